The summed E-state index contributed by atoms with van der Waals surface area (Å²) in [6.45, 7) is 0. The smallest absolute Gasteiger partial charge is 0.464 e. The minimum absolute atomic E-state index is 0.0111. The Hall–Kier alpha value is -2.73. The molecule has 0 spiro atoms. The Morgan fingerprint density at radius 2 is 1.93 bits per heavy atom. The highest BCUT2D eigenvalue weighted by Crippen LogP contribution is 2.22. The fraction of sp³-hybridized carbons (Fsp3) is 0.176. The molecule has 0 saturated heterocycles. The summed E-state index contributed by atoms with van der Waals surface area (Å²) >= 11 is 0. The van der Waals surface area contributed by atoms with Gasteiger partial charge in [-0.2, -0.15) is 0 Å². The maximum Gasteiger partial charge on any atom is 0.471 e. The zero-order valence-electron chi connectivity index (χ0n) is 14.6. The molecule has 3 rings (SSSR count). The molecule has 9 nitrogen and oxygen atoms in total. The number of para-hydroxylation sites is 1. The molecule has 1 unspecified atom stereocenters. The monoisotopic (exact) mass is 404 g/mol. The number of rotatable bonds is 8. The van der Waals surface area contributed by atoms with Gasteiger partial charge < -0.3 is 14.5 Å². The Labute approximate surface area is 161 Å². The van der Waals surface area contributed by atoms with Crippen LogP contribution >= 0.6 is 0 Å². The maximum atomic E-state index is 12.5. The number of fused-ring (bicyclic) bond motifs is 1. The summed E-state index contributed by atoms with van der Waals surface area (Å²) in [6, 6.07) is 12.4. The van der Waals surface area contributed by atoms with Crippen molar-refractivity contribution in [1.82, 2.24) is 4.72 Å². The highest BCUT2D eigenvalue weighted by Gasteiger charge is 2.29. The topological polar surface area (TPSA) is 143 Å². The number of nitro groups is 1. The van der Waals surface area contributed by atoms with E-state index in [2.05, 4.69) is 4.72 Å². The summed E-state index contributed by atoms with van der Waals surface area (Å²) in [5, 5.41) is 30.9. The summed E-state index contributed by atoms with van der Waals surface area (Å²) in [6.07, 6.45) is 1.43. The van der Waals surface area contributed by atoms with Crippen LogP contribution in [-0.2, 0) is 22.2 Å². The molecule has 2 aromatic carbocycles. The molecule has 0 radical (unpaired) electrons. The number of hydrogen-bond donors (Lipinski definition) is 3. The normalized spacial score (nSPS) is 12.8. The number of hydrogen-bond acceptors (Lipinski definition) is 7. The molecule has 1 aromatic heterocycles. The van der Waals surface area contributed by atoms with E-state index in [1.807, 2.05) is 0 Å². The van der Waals surface area contributed by atoms with E-state index in [-0.39, 0.29) is 17.7 Å². The third kappa shape index (κ3) is 4.76. The van der Waals surface area contributed by atoms with Gasteiger partial charge >= 0.3 is 7.12 Å². The highest BCUT2D eigenvalue weighted by molar-refractivity contribution is 7.88. The molecule has 146 valence electrons. The van der Waals surface area contributed by atoms with Gasteiger partial charge in [0.05, 0.1) is 22.9 Å². The molecule has 28 heavy (non-hydrogen) atoms. The minimum atomic E-state index is -4.00. The van der Waals surface area contributed by atoms with Crippen molar-refractivity contribution in [3.8, 4) is 0 Å². The van der Waals surface area contributed by atoms with Gasteiger partial charge in [-0.3, -0.25) is 10.1 Å². The van der Waals surface area contributed by atoms with E-state index in [1.165, 1.54) is 24.5 Å². The van der Waals surface area contributed by atoms with E-state index in [1.54, 1.807) is 24.3 Å². The molecule has 1 atom stereocenters. The number of nitro benzene ring substituents is 1. The number of benzene rings is 2. The van der Waals surface area contributed by atoms with Gasteiger partial charge in [-0.05, 0) is 23.6 Å². The lowest BCUT2D eigenvalue weighted by molar-refractivity contribution is -0.384. The lowest BCUT2D eigenvalue weighted by atomic mass is 9.77. The van der Waals surface area contributed by atoms with Crippen molar-refractivity contribution in [2.75, 3.05) is 0 Å². The van der Waals surface area contributed by atoms with E-state index >= 15 is 0 Å². The van der Waals surface area contributed by atoms with Crippen molar-refractivity contribution < 1.29 is 27.8 Å². The first-order chi connectivity index (χ1) is 13.2. The largest absolute Gasteiger partial charge is 0.471 e. The molecule has 0 aliphatic heterocycles. The summed E-state index contributed by atoms with van der Waals surface area (Å²) in [4.78, 5) is 10.2. The molecule has 0 amide bonds. The molecule has 0 fully saturated rings. The first-order valence-electron chi connectivity index (χ1n) is 8.30. The van der Waals surface area contributed by atoms with Crippen LogP contribution in [0.5, 0.6) is 0 Å². The van der Waals surface area contributed by atoms with Crippen LogP contribution in [0.25, 0.3) is 11.0 Å². The molecule has 0 aliphatic carbocycles. The van der Waals surface area contributed by atoms with Gasteiger partial charge in [-0.15, -0.1) is 0 Å². The summed E-state index contributed by atoms with van der Waals surface area (Å²) < 4.78 is 32.6. The molecule has 3 aromatic rings. The highest BCUT2D eigenvalue weighted by atomic mass is 32.2. The van der Waals surface area contributed by atoms with Crippen LogP contribution in [0.15, 0.2) is 59.2 Å². The Morgan fingerprint density at radius 1 is 1.18 bits per heavy atom. The van der Waals surface area contributed by atoms with Crippen molar-refractivity contribution >= 4 is 33.8 Å². The number of non-ortho nitro benzene ring substituents is 1. The van der Waals surface area contributed by atoms with Gasteiger partial charge in [0.2, 0.25) is 10.0 Å². The van der Waals surface area contributed by atoms with Crippen LogP contribution in [0.3, 0.4) is 0 Å². The molecule has 3 N–H and O–H groups in total. The van der Waals surface area contributed by atoms with Gasteiger partial charge in [-0.25, -0.2) is 13.1 Å². The van der Waals surface area contributed by atoms with Crippen LogP contribution in [0.2, 0.25) is 0 Å². The van der Waals surface area contributed by atoms with E-state index in [4.69, 9.17) is 4.42 Å². The Balaban J connectivity index is 1.77. The number of furan rings is 1. The lowest BCUT2D eigenvalue weighted by Crippen LogP contribution is -2.48. The van der Waals surface area contributed by atoms with Crippen LogP contribution in [0, 0.1) is 10.1 Å². The Bertz CT molecular complexity index is 1100. The number of nitrogens with one attached hydrogen (secondary N) is 1. The second kappa shape index (κ2) is 8.11. The Morgan fingerprint density at radius 3 is 2.64 bits per heavy atom. The first kappa shape index (κ1) is 20.0. The molecule has 0 saturated carbocycles. The van der Waals surface area contributed by atoms with Gasteiger partial charge in [0.15, 0.2) is 0 Å². The zero-order valence-corrected chi connectivity index (χ0v) is 15.4. The zero-order chi connectivity index (χ0) is 20.3. The third-order valence-electron chi connectivity index (χ3n) is 4.17. The van der Waals surface area contributed by atoms with E-state index in [0.29, 0.717) is 11.1 Å². The molecule has 11 heteroatoms. The van der Waals surface area contributed by atoms with Crippen LogP contribution in [-0.4, -0.2) is 36.4 Å². The SMILES string of the molecule is O=[N+]([O-])c1cccc(CS(=O)(=O)NC(Cc2coc3ccccc23)B(O)O)c1. The first-order valence-corrected chi connectivity index (χ1v) is 9.95. The van der Waals surface area contributed by atoms with E-state index in [0.717, 1.165) is 11.5 Å². The average Bonchev–Trinajstić information content (AvgIpc) is 3.04. The minimum Gasteiger partial charge on any atom is -0.464 e. The van der Waals surface area contributed by atoms with Gasteiger partial charge in [-0.1, -0.05) is 30.3 Å². The number of nitrogens with zero attached hydrogens (tertiary/aromatic N) is 1. The average molecular weight is 404 g/mol. The van der Waals surface area contributed by atoms with Gasteiger partial charge in [0.25, 0.3) is 5.69 Å². The summed E-state index contributed by atoms with van der Waals surface area (Å²) in [7, 11) is -5.95. The van der Waals surface area contributed by atoms with Crippen molar-refractivity contribution in [3.63, 3.8) is 0 Å². The predicted octanol–water partition coefficient (Wildman–Crippen LogP) is 1.38. The molecule has 0 bridgehead atoms. The van der Waals surface area contributed by atoms with Crippen LogP contribution in [0.1, 0.15) is 11.1 Å². The van der Waals surface area contributed by atoms with E-state index < -0.39 is 33.8 Å². The summed E-state index contributed by atoms with van der Waals surface area (Å²) in [5.41, 5.74) is 1.20. The van der Waals surface area contributed by atoms with E-state index in [9.17, 15) is 28.6 Å². The standard InChI is InChI=1S/C17H17BN2O7S/c21-18(22)17(9-13-10-27-16-7-2-1-6-15(13)16)19-28(25,26)11-12-4-3-5-14(8-12)20(23)24/h1-8,10,17,19,21-22H,9,11H2. The Kier molecular flexibility index (Phi) is 5.80. The van der Waals surface area contributed by atoms with Crippen LogP contribution < -0.4 is 4.72 Å². The molecular formula is C17H17BN2O7S. The fourth-order valence-electron chi connectivity index (χ4n) is 2.89. The van der Waals surface area contributed by atoms with Crippen molar-refractivity contribution in [2.24, 2.45) is 0 Å². The molecule has 0 aliphatic rings. The third-order valence-corrected chi connectivity index (χ3v) is 5.55. The quantitative estimate of drug-likeness (QED) is 0.292. The lowest BCUT2D eigenvalue weighted by Gasteiger charge is -2.17. The van der Waals surface area contributed by atoms with Crippen molar-refractivity contribution in [3.05, 3.63) is 76.0 Å². The molecular weight excluding hydrogens is 387 g/mol. The molecule has 1 heterocycles. The second-order valence-electron chi connectivity index (χ2n) is 6.29. The van der Waals surface area contributed by atoms with Gasteiger partial charge in [0, 0.05) is 17.5 Å². The second-order valence-corrected chi connectivity index (χ2v) is 8.04. The van der Waals surface area contributed by atoms with Crippen molar-refractivity contribution in [2.45, 2.75) is 18.1 Å². The summed E-state index contributed by atoms with van der Waals surface area (Å²) in [5.74, 6) is -1.76. The van der Waals surface area contributed by atoms with Crippen LogP contribution in [0.4, 0.5) is 5.69 Å². The van der Waals surface area contributed by atoms with Gasteiger partial charge in [0.1, 0.15) is 5.58 Å². The predicted molar refractivity (Wildman–Crippen MR) is 103 cm³/mol. The number of sulfonamides is 1. The maximum absolute atomic E-state index is 12.5. The fourth-order valence-corrected chi connectivity index (χ4v) is 4.26. The van der Waals surface area contributed by atoms with Crippen molar-refractivity contribution in [1.29, 1.82) is 0 Å².